The van der Waals surface area contributed by atoms with E-state index in [2.05, 4.69) is 10.3 Å². The number of sulfonamides is 1. The van der Waals surface area contributed by atoms with E-state index in [0.717, 1.165) is 0 Å². The zero-order valence-electron chi connectivity index (χ0n) is 20.7. The maximum absolute atomic E-state index is 13.3. The fourth-order valence-electron chi connectivity index (χ4n) is 3.99. The minimum absolute atomic E-state index is 0.0599. The van der Waals surface area contributed by atoms with Crippen molar-refractivity contribution in [2.75, 3.05) is 33.9 Å². The molecule has 1 aromatic heterocycles. The van der Waals surface area contributed by atoms with Gasteiger partial charge in [-0.05, 0) is 25.5 Å². The number of carbonyl (C=O) groups excluding carboxylic acids is 1. The van der Waals surface area contributed by atoms with Crippen molar-refractivity contribution in [3.63, 3.8) is 0 Å². The number of hydrogen-bond acceptors (Lipinski definition) is 8. The Morgan fingerprint density at radius 1 is 1.37 bits per heavy atom. The number of fused-ring (bicyclic) bond motifs is 2. The van der Waals surface area contributed by atoms with E-state index in [-0.39, 0.29) is 42.5 Å². The quantitative estimate of drug-likeness (QED) is 0.589. The van der Waals surface area contributed by atoms with Crippen LogP contribution in [0.1, 0.15) is 32.4 Å². The number of hydrogen-bond donors (Lipinski definition) is 1. The third kappa shape index (κ3) is 6.78. The molecule has 0 radical (unpaired) electrons. The van der Waals surface area contributed by atoms with Crippen LogP contribution in [-0.4, -0.2) is 89.6 Å². The first-order chi connectivity index (χ1) is 16.6. The largest absolute Gasteiger partial charge is 0.497 e. The third-order valence-electron chi connectivity index (χ3n) is 6.23. The molecule has 0 aliphatic carbocycles. The fourth-order valence-corrected chi connectivity index (χ4v) is 5.20. The number of aliphatic hydroxyl groups excluding tert-OH is 1. The van der Waals surface area contributed by atoms with Crippen molar-refractivity contribution >= 4 is 15.9 Å². The van der Waals surface area contributed by atoms with Crippen LogP contribution in [0.3, 0.4) is 0 Å². The number of aromatic nitrogens is 3. The Balaban J connectivity index is 1.86. The van der Waals surface area contributed by atoms with Crippen LogP contribution in [0.2, 0.25) is 0 Å². The van der Waals surface area contributed by atoms with Gasteiger partial charge in [0.2, 0.25) is 15.9 Å². The van der Waals surface area contributed by atoms with E-state index >= 15 is 0 Å². The van der Waals surface area contributed by atoms with Gasteiger partial charge in [0.25, 0.3) is 0 Å². The highest BCUT2D eigenvalue weighted by Crippen LogP contribution is 2.23. The molecule has 0 saturated carbocycles. The van der Waals surface area contributed by atoms with Crippen LogP contribution in [-0.2, 0) is 32.7 Å². The average Bonchev–Trinajstić information content (AvgIpc) is 3.31. The van der Waals surface area contributed by atoms with Crippen molar-refractivity contribution in [2.24, 2.45) is 5.92 Å². The molecular weight excluding hydrogens is 474 g/mol. The van der Waals surface area contributed by atoms with E-state index < -0.39 is 16.1 Å². The van der Waals surface area contributed by atoms with Gasteiger partial charge in [-0.1, -0.05) is 18.2 Å². The molecule has 0 saturated heterocycles. The topological polar surface area (TPSA) is 127 Å². The van der Waals surface area contributed by atoms with Gasteiger partial charge in [0.05, 0.1) is 43.6 Å². The maximum atomic E-state index is 13.3. The molecule has 1 aliphatic rings. The van der Waals surface area contributed by atoms with Gasteiger partial charge in [-0.25, -0.2) is 8.42 Å². The Morgan fingerprint density at radius 2 is 2.14 bits per heavy atom. The predicted molar refractivity (Wildman–Crippen MR) is 128 cm³/mol. The molecule has 1 aliphatic heterocycles. The van der Waals surface area contributed by atoms with Gasteiger partial charge in [-0.15, -0.1) is 5.10 Å². The number of ether oxygens (including phenoxy) is 2. The number of aryl methyl sites for hydroxylation is 1. The fraction of sp³-hybridized carbons (Fsp3) is 0.609. The van der Waals surface area contributed by atoms with Gasteiger partial charge in [0.1, 0.15) is 11.4 Å². The first-order valence-electron chi connectivity index (χ1n) is 11.7. The highest BCUT2D eigenvalue weighted by Gasteiger charge is 2.31. The van der Waals surface area contributed by atoms with Gasteiger partial charge < -0.3 is 19.5 Å². The Kier molecular flexibility index (Phi) is 9.22. The van der Waals surface area contributed by atoms with E-state index in [1.807, 2.05) is 6.92 Å². The average molecular weight is 510 g/mol. The summed E-state index contributed by atoms with van der Waals surface area (Å²) in [5.41, 5.74) is 0.631. The number of benzene rings is 1. The Morgan fingerprint density at radius 3 is 2.86 bits per heavy atom. The second-order valence-corrected chi connectivity index (χ2v) is 11.0. The Bertz CT molecular complexity index is 1090. The number of nitrogens with zero attached hydrogens (tertiary/aromatic N) is 5. The van der Waals surface area contributed by atoms with E-state index in [1.54, 1.807) is 34.8 Å². The van der Waals surface area contributed by atoms with Crippen molar-refractivity contribution in [1.29, 1.82) is 0 Å². The molecule has 3 rings (SSSR count). The molecule has 1 N–H and O–H groups in total. The Labute approximate surface area is 206 Å². The van der Waals surface area contributed by atoms with Crippen LogP contribution in [0.15, 0.2) is 35.4 Å². The van der Waals surface area contributed by atoms with Crippen molar-refractivity contribution < 1.29 is 27.8 Å². The number of carbonyl (C=O) groups is 1. The smallest absolute Gasteiger partial charge is 0.243 e. The lowest BCUT2D eigenvalue weighted by Gasteiger charge is -2.35. The summed E-state index contributed by atoms with van der Waals surface area (Å²) in [6.07, 6.45) is 2.13. The molecule has 2 bridgehead atoms. The van der Waals surface area contributed by atoms with Gasteiger partial charge in [-0.3, -0.25) is 9.48 Å². The second kappa shape index (κ2) is 11.9. The molecule has 11 nitrogen and oxygen atoms in total. The molecule has 3 atom stereocenters. The zero-order chi connectivity index (χ0) is 25.6. The van der Waals surface area contributed by atoms with Crippen LogP contribution >= 0.6 is 0 Å². The van der Waals surface area contributed by atoms with Crippen molar-refractivity contribution in [1.82, 2.24) is 24.2 Å². The standard InChI is InChI=1S/C23H35N5O6S/c1-17-12-28(18(2)15-29)23(30)9-6-10-27-13-19(24-25-27)16-34-22(17)14-26(3)35(31,32)21-8-5-7-20(11-21)33-4/h5,7-8,11,13,17-18,22,29H,6,9-10,12,14-16H2,1-4H3/t17-,18+,22-/m1/s1. The first kappa shape index (κ1) is 27.1. The summed E-state index contributed by atoms with van der Waals surface area (Å²) in [7, 11) is -0.836. The predicted octanol–water partition coefficient (Wildman–Crippen LogP) is 1.13. The monoisotopic (exact) mass is 509 g/mol. The van der Waals surface area contributed by atoms with Gasteiger partial charge >= 0.3 is 0 Å². The molecule has 194 valence electrons. The van der Waals surface area contributed by atoms with Crippen LogP contribution < -0.4 is 4.74 Å². The van der Waals surface area contributed by atoms with Crippen LogP contribution in [0.5, 0.6) is 5.75 Å². The number of likely N-dealkylation sites (N-methyl/N-ethyl adjacent to an activating group) is 1. The molecule has 1 amide bonds. The van der Waals surface area contributed by atoms with Crippen LogP contribution in [0.4, 0.5) is 0 Å². The summed E-state index contributed by atoms with van der Waals surface area (Å²) in [5.74, 6) is 0.141. The number of rotatable bonds is 7. The summed E-state index contributed by atoms with van der Waals surface area (Å²) < 4.78 is 40.8. The summed E-state index contributed by atoms with van der Waals surface area (Å²) in [6.45, 7) is 4.62. The molecule has 2 heterocycles. The summed E-state index contributed by atoms with van der Waals surface area (Å²) in [4.78, 5) is 14.7. The summed E-state index contributed by atoms with van der Waals surface area (Å²) >= 11 is 0. The van der Waals surface area contributed by atoms with Crippen molar-refractivity contribution in [3.8, 4) is 5.75 Å². The first-order valence-corrected chi connectivity index (χ1v) is 13.1. The van der Waals surface area contributed by atoms with E-state index in [9.17, 15) is 18.3 Å². The van der Waals surface area contributed by atoms with Gasteiger partial charge in [0, 0.05) is 45.1 Å². The number of amides is 1. The van der Waals surface area contributed by atoms with E-state index in [1.165, 1.54) is 30.6 Å². The molecule has 0 fully saturated rings. The number of methoxy groups -OCH3 is 1. The van der Waals surface area contributed by atoms with Gasteiger partial charge in [0.15, 0.2) is 0 Å². The number of aliphatic hydroxyl groups is 1. The molecule has 2 aromatic rings. The summed E-state index contributed by atoms with van der Waals surface area (Å²) in [5, 5.41) is 17.9. The maximum Gasteiger partial charge on any atom is 0.243 e. The van der Waals surface area contributed by atoms with Crippen molar-refractivity contribution in [2.45, 2.75) is 56.9 Å². The van der Waals surface area contributed by atoms with Crippen LogP contribution in [0.25, 0.3) is 0 Å². The summed E-state index contributed by atoms with van der Waals surface area (Å²) in [6, 6.07) is 5.93. The third-order valence-corrected chi connectivity index (χ3v) is 8.05. The molecule has 35 heavy (non-hydrogen) atoms. The molecule has 0 spiro atoms. The van der Waals surface area contributed by atoms with Crippen molar-refractivity contribution in [3.05, 3.63) is 36.2 Å². The van der Waals surface area contributed by atoms with E-state index in [0.29, 0.717) is 37.4 Å². The zero-order valence-corrected chi connectivity index (χ0v) is 21.5. The lowest BCUT2D eigenvalue weighted by atomic mass is 10.0. The molecule has 0 unspecified atom stereocenters. The Hall–Kier alpha value is -2.54. The molecule has 1 aromatic carbocycles. The lowest BCUT2D eigenvalue weighted by molar-refractivity contribution is -0.136. The SMILES string of the molecule is COc1cccc(S(=O)(=O)N(C)C[C@H]2OCc3cn(nn3)CCCC(=O)N([C@@H](C)CO)C[C@H]2C)c1. The minimum Gasteiger partial charge on any atom is -0.497 e. The van der Waals surface area contributed by atoms with Gasteiger partial charge in [-0.2, -0.15) is 4.31 Å². The highest BCUT2D eigenvalue weighted by molar-refractivity contribution is 7.89. The van der Waals surface area contributed by atoms with E-state index in [4.69, 9.17) is 9.47 Å². The second-order valence-electron chi connectivity index (χ2n) is 8.95. The molecule has 12 heteroatoms. The lowest BCUT2D eigenvalue weighted by Crippen LogP contribution is -2.47. The minimum atomic E-state index is -3.82. The van der Waals surface area contributed by atoms with Crippen LogP contribution in [0, 0.1) is 5.92 Å². The highest BCUT2D eigenvalue weighted by atomic mass is 32.2. The normalized spacial score (nSPS) is 21.2. The molecular formula is C23H35N5O6S.